The average molecular weight is 284 g/mol. The summed E-state index contributed by atoms with van der Waals surface area (Å²) in [5.74, 6) is 0.474. The molecule has 1 N–H and O–H groups in total. The van der Waals surface area contributed by atoms with Crippen molar-refractivity contribution in [3.8, 4) is 0 Å². The van der Waals surface area contributed by atoms with Crippen LogP contribution in [0.25, 0.3) is 0 Å². The number of rotatable bonds is 4. The van der Waals surface area contributed by atoms with Crippen LogP contribution in [-0.2, 0) is 0 Å². The van der Waals surface area contributed by atoms with Crippen LogP contribution in [0.3, 0.4) is 0 Å². The van der Waals surface area contributed by atoms with E-state index in [4.69, 9.17) is 0 Å². The molecule has 1 aliphatic rings. The average Bonchev–Trinajstić information content (AvgIpc) is 2.98. The first-order chi connectivity index (χ1) is 9.90. The van der Waals surface area contributed by atoms with E-state index in [1.807, 2.05) is 0 Å². The zero-order valence-electron chi connectivity index (χ0n) is 11.7. The van der Waals surface area contributed by atoms with Crippen molar-refractivity contribution in [2.75, 3.05) is 6.61 Å². The number of hydrogen-bond donors (Lipinski definition) is 1. The van der Waals surface area contributed by atoms with Gasteiger partial charge in [-0.1, -0.05) is 67.1 Å². The Kier molecular flexibility index (Phi) is 4.50. The highest BCUT2D eigenvalue weighted by Crippen LogP contribution is 2.49. The summed E-state index contributed by atoms with van der Waals surface area (Å²) in [5.41, 5.74) is 0.625. The summed E-state index contributed by atoms with van der Waals surface area (Å²) in [6.07, 6.45) is 3.69. The van der Waals surface area contributed by atoms with E-state index in [0.29, 0.717) is 18.2 Å². The van der Waals surface area contributed by atoms with Crippen molar-refractivity contribution in [2.45, 2.75) is 24.9 Å². The fourth-order valence-electron chi connectivity index (χ4n) is 3.28. The van der Waals surface area contributed by atoms with Gasteiger partial charge in [-0.15, -0.1) is 0 Å². The zero-order valence-corrected chi connectivity index (χ0v) is 12.5. The van der Waals surface area contributed by atoms with Gasteiger partial charge >= 0.3 is 0 Å². The molecule has 104 valence electrons. The summed E-state index contributed by atoms with van der Waals surface area (Å²) in [6.45, 7) is 0.336. The van der Waals surface area contributed by atoms with Crippen molar-refractivity contribution in [1.82, 2.24) is 0 Å². The van der Waals surface area contributed by atoms with Crippen LogP contribution in [0.15, 0.2) is 60.7 Å². The molecule has 0 amide bonds. The van der Waals surface area contributed by atoms with Gasteiger partial charge in [-0.2, -0.15) is 0 Å². The lowest BCUT2D eigenvalue weighted by atomic mass is 10.1. The molecule has 1 nitrogen and oxygen atoms in total. The predicted molar refractivity (Wildman–Crippen MR) is 87.3 cm³/mol. The Morgan fingerprint density at radius 3 is 1.90 bits per heavy atom. The Hall–Kier alpha value is -1.17. The van der Waals surface area contributed by atoms with Crippen LogP contribution in [0.1, 0.15) is 19.3 Å². The van der Waals surface area contributed by atoms with Crippen molar-refractivity contribution in [2.24, 2.45) is 5.92 Å². The van der Waals surface area contributed by atoms with E-state index in [-0.39, 0.29) is 7.92 Å². The van der Waals surface area contributed by atoms with Gasteiger partial charge < -0.3 is 5.11 Å². The van der Waals surface area contributed by atoms with Crippen molar-refractivity contribution in [1.29, 1.82) is 0 Å². The van der Waals surface area contributed by atoms with E-state index in [1.54, 1.807) is 0 Å². The molecule has 20 heavy (non-hydrogen) atoms. The van der Waals surface area contributed by atoms with E-state index in [2.05, 4.69) is 60.7 Å². The maximum Gasteiger partial charge on any atom is 0.0465 e. The van der Waals surface area contributed by atoms with Gasteiger partial charge in [-0.25, -0.2) is 0 Å². The van der Waals surface area contributed by atoms with Crippen LogP contribution in [0, 0.1) is 5.92 Å². The molecule has 0 saturated heterocycles. The Labute approximate surface area is 122 Å². The number of aliphatic hydroxyl groups excluding tert-OH is 1. The second kappa shape index (κ2) is 6.52. The number of hydrogen-bond acceptors (Lipinski definition) is 1. The van der Waals surface area contributed by atoms with Crippen molar-refractivity contribution >= 4 is 18.5 Å². The molecule has 1 saturated carbocycles. The molecule has 2 aromatic carbocycles. The van der Waals surface area contributed by atoms with Gasteiger partial charge in [0.25, 0.3) is 0 Å². The lowest BCUT2D eigenvalue weighted by Crippen LogP contribution is -2.26. The second-order valence-corrected chi connectivity index (χ2v) is 7.92. The monoisotopic (exact) mass is 284 g/mol. The van der Waals surface area contributed by atoms with Gasteiger partial charge in [0.05, 0.1) is 0 Å². The molecule has 0 radical (unpaired) electrons. The standard InChI is InChI=1S/C18H21OP/c19-14-15-8-7-13-18(15)20(16-9-3-1-4-10-16)17-11-5-2-6-12-17/h1-6,9-12,15,18-19H,7-8,13-14H2/t15-,18+/m0/s1. The highest BCUT2D eigenvalue weighted by atomic mass is 31.1. The lowest BCUT2D eigenvalue weighted by molar-refractivity contribution is 0.232. The van der Waals surface area contributed by atoms with Gasteiger partial charge in [-0.05, 0) is 42.9 Å². The quantitative estimate of drug-likeness (QED) is 0.854. The molecule has 1 fully saturated rings. The summed E-state index contributed by atoms with van der Waals surface area (Å²) in [4.78, 5) is 0. The van der Waals surface area contributed by atoms with E-state index in [9.17, 15) is 5.11 Å². The first-order valence-corrected chi connectivity index (χ1v) is 8.81. The highest BCUT2D eigenvalue weighted by molar-refractivity contribution is 7.73. The molecule has 0 spiro atoms. The maximum atomic E-state index is 9.69. The molecule has 2 atom stereocenters. The minimum absolute atomic E-state index is 0.336. The second-order valence-electron chi connectivity index (χ2n) is 5.48. The molecular formula is C18H21OP. The topological polar surface area (TPSA) is 20.2 Å². The lowest BCUT2D eigenvalue weighted by Gasteiger charge is -2.29. The predicted octanol–water partition coefficient (Wildman–Crippen LogP) is 3.28. The fraction of sp³-hybridized carbons (Fsp3) is 0.333. The Bertz CT molecular complexity index is 486. The molecule has 0 bridgehead atoms. The Balaban J connectivity index is 2.00. The molecular weight excluding hydrogens is 263 g/mol. The molecule has 2 heteroatoms. The van der Waals surface area contributed by atoms with Gasteiger partial charge in [0.15, 0.2) is 0 Å². The summed E-state index contributed by atoms with van der Waals surface area (Å²) in [6, 6.07) is 21.7. The third-order valence-corrected chi connectivity index (χ3v) is 7.31. The van der Waals surface area contributed by atoms with Crippen LogP contribution in [0.2, 0.25) is 0 Å². The number of benzene rings is 2. The van der Waals surface area contributed by atoms with Crippen molar-refractivity contribution < 1.29 is 5.11 Å². The molecule has 1 aliphatic carbocycles. The normalized spacial score (nSPS) is 22.3. The third-order valence-electron chi connectivity index (χ3n) is 4.25. The van der Waals surface area contributed by atoms with Crippen molar-refractivity contribution in [3.05, 3.63) is 60.7 Å². The van der Waals surface area contributed by atoms with Crippen molar-refractivity contribution in [3.63, 3.8) is 0 Å². The summed E-state index contributed by atoms with van der Waals surface area (Å²) >= 11 is 0. The summed E-state index contributed by atoms with van der Waals surface area (Å²) < 4.78 is 0. The Morgan fingerprint density at radius 2 is 1.40 bits per heavy atom. The largest absolute Gasteiger partial charge is 0.396 e. The van der Waals surface area contributed by atoms with E-state index in [1.165, 1.54) is 29.9 Å². The number of aliphatic hydroxyl groups is 1. The highest BCUT2D eigenvalue weighted by Gasteiger charge is 2.34. The molecule has 3 rings (SSSR count). The van der Waals surface area contributed by atoms with Gasteiger partial charge in [0, 0.05) is 6.61 Å². The van der Waals surface area contributed by atoms with Gasteiger partial charge in [0.2, 0.25) is 0 Å². The van der Waals surface area contributed by atoms with Gasteiger partial charge in [0.1, 0.15) is 0 Å². The van der Waals surface area contributed by atoms with Crippen LogP contribution in [0.5, 0.6) is 0 Å². The maximum absolute atomic E-state index is 9.69. The van der Waals surface area contributed by atoms with Gasteiger partial charge in [-0.3, -0.25) is 0 Å². The molecule has 2 aromatic rings. The van der Waals surface area contributed by atoms with Crippen LogP contribution in [0.4, 0.5) is 0 Å². The van der Waals surface area contributed by atoms with E-state index in [0.717, 1.165) is 0 Å². The van der Waals surface area contributed by atoms with Crippen LogP contribution < -0.4 is 10.6 Å². The first kappa shape index (κ1) is 13.8. The minimum Gasteiger partial charge on any atom is -0.396 e. The smallest absolute Gasteiger partial charge is 0.0465 e. The SMILES string of the molecule is OC[C@@H]1CCC[C@H]1P(c1ccccc1)c1ccccc1. The zero-order chi connectivity index (χ0) is 13.8. The first-order valence-electron chi connectivity index (χ1n) is 7.40. The van der Waals surface area contributed by atoms with Crippen LogP contribution in [-0.4, -0.2) is 17.4 Å². The fourth-order valence-corrected chi connectivity index (χ4v) is 6.44. The summed E-state index contributed by atoms with van der Waals surface area (Å²) in [7, 11) is -0.357. The molecule has 0 aromatic heterocycles. The molecule has 0 heterocycles. The third kappa shape index (κ3) is 2.80. The van der Waals surface area contributed by atoms with Crippen LogP contribution >= 0.6 is 7.92 Å². The Morgan fingerprint density at radius 1 is 0.850 bits per heavy atom. The van der Waals surface area contributed by atoms with E-state index >= 15 is 0 Å². The minimum atomic E-state index is -0.357. The molecule has 0 unspecified atom stereocenters. The summed E-state index contributed by atoms with van der Waals surface area (Å²) in [5, 5.41) is 12.6. The van der Waals surface area contributed by atoms with E-state index < -0.39 is 0 Å². The molecule has 0 aliphatic heterocycles.